The van der Waals surface area contributed by atoms with Crippen molar-refractivity contribution < 1.29 is 12.6 Å². The second-order valence-corrected chi connectivity index (χ2v) is 6.53. The van der Waals surface area contributed by atoms with Crippen LogP contribution in [-0.4, -0.2) is 17.9 Å². The smallest absolute Gasteiger partial charge is 0.323 e. The lowest BCUT2D eigenvalue weighted by atomic mass is 10.3. The molecule has 0 spiro atoms. The fourth-order valence-corrected chi connectivity index (χ4v) is 2.58. The van der Waals surface area contributed by atoms with Crippen molar-refractivity contribution in [3.8, 4) is 5.75 Å². The highest BCUT2D eigenvalue weighted by Crippen LogP contribution is 2.18. The van der Waals surface area contributed by atoms with E-state index in [0.29, 0.717) is 5.75 Å². The van der Waals surface area contributed by atoms with Crippen LogP contribution < -0.4 is 4.18 Å². The summed E-state index contributed by atoms with van der Waals surface area (Å²) in [6, 6.07) is 8.39. The van der Waals surface area contributed by atoms with Crippen LogP contribution in [0.25, 0.3) is 0 Å². The molecule has 0 aliphatic carbocycles. The summed E-state index contributed by atoms with van der Waals surface area (Å²) in [7, 11) is -3.59. The van der Waals surface area contributed by atoms with E-state index in [2.05, 4.69) is 31.9 Å². The maximum Gasteiger partial charge on any atom is 0.323 e. The number of rotatable bonds is 4. The number of hydrogen-bond donors (Lipinski definition) is 0. The zero-order valence-corrected chi connectivity index (χ0v) is 11.0. The molecule has 0 N–H and O–H groups in total. The molecular weight excluding hydrogens is 336 g/mol. The van der Waals surface area contributed by atoms with Gasteiger partial charge in [-0.05, 0) is 12.1 Å². The van der Waals surface area contributed by atoms with Gasteiger partial charge in [-0.3, -0.25) is 0 Å². The Labute approximate surface area is 99.8 Å². The molecular formula is C8H8Br2O3S. The van der Waals surface area contributed by atoms with Crippen molar-refractivity contribution in [3.05, 3.63) is 30.3 Å². The Morgan fingerprint density at radius 1 is 1.29 bits per heavy atom. The Kier molecular flexibility index (Phi) is 4.40. The summed E-state index contributed by atoms with van der Waals surface area (Å²) in [5.74, 6) is 0.318. The lowest BCUT2D eigenvalue weighted by Crippen LogP contribution is -2.21. The van der Waals surface area contributed by atoms with Crippen molar-refractivity contribution >= 4 is 42.0 Å². The van der Waals surface area contributed by atoms with Crippen LogP contribution in [0.2, 0.25) is 0 Å². The van der Waals surface area contributed by atoms with Crippen molar-refractivity contribution in [2.45, 2.75) is 4.16 Å². The van der Waals surface area contributed by atoms with Crippen LogP contribution in [-0.2, 0) is 10.1 Å². The number of para-hydroxylation sites is 1. The summed E-state index contributed by atoms with van der Waals surface area (Å²) in [4.78, 5) is 0. The van der Waals surface area contributed by atoms with Gasteiger partial charge in [-0.15, -0.1) is 0 Å². The Morgan fingerprint density at radius 3 is 2.36 bits per heavy atom. The minimum absolute atomic E-state index is 0.280. The molecule has 0 fully saturated rings. The van der Waals surface area contributed by atoms with Crippen LogP contribution >= 0.6 is 31.9 Å². The van der Waals surface area contributed by atoms with Crippen LogP contribution in [0.5, 0.6) is 5.75 Å². The van der Waals surface area contributed by atoms with Gasteiger partial charge in [0.1, 0.15) is 5.75 Å². The normalized spacial score (nSPS) is 13.6. The molecule has 1 aromatic carbocycles. The molecule has 1 unspecified atom stereocenters. The average molecular weight is 344 g/mol. The highest BCUT2D eigenvalue weighted by Gasteiger charge is 2.23. The Hall–Kier alpha value is -0.0700. The van der Waals surface area contributed by atoms with Crippen molar-refractivity contribution in [3.63, 3.8) is 0 Å². The highest BCUT2D eigenvalue weighted by molar-refractivity contribution is 9.13. The topological polar surface area (TPSA) is 43.4 Å². The van der Waals surface area contributed by atoms with E-state index in [4.69, 9.17) is 4.18 Å². The lowest BCUT2D eigenvalue weighted by Gasteiger charge is -2.09. The zero-order chi connectivity index (χ0) is 10.6. The maximum atomic E-state index is 11.4. The molecule has 1 rings (SSSR count). The van der Waals surface area contributed by atoms with E-state index < -0.39 is 14.3 Å². The molecule has 0 amide bonds. The molecule has 78 valence electrons. The van der Waals surface area contributed by atoms with Gasteiger partial charge in [0.15, 0.2) is 4.16 Å². The van der Waals surface area contributed by atoms with Crippen LogP contribution in [0.1, 0.15) is 0 Å². The Morgan fingerprint density at radius 2 is 1.86 bits per heavy atom. The Balaban J connectivity index is 2.79. The number of benzene rings is 1. The average Bonchev–Trinajstić information content (AvgIpc) is 2.17. The summed E-state index contributed by atoms with van der Waals surface area (Å²) in [5.41, 5.74) is 0. The minimum Gasteiger partial charge on any atom is -0.382 e. The molecule has 0 bridgehead atoms. The largest absolute Gasteiger partial charge is 0.382 e. The second-order valence-electron chi connectivity index (χ2n) is 2.45. The summed E-state index contributed by atoms with van der Waals surface area (Å²) in [5, 5.41) is 0.280. The third kappa shape index (κ3) is 3.25. The van der Waals surface area contributed by atoms with E-state index >= 15 is 0 Å². The molecule has 3 nitrogen and oxygen atoms in total. The van der Waals surface area contributed by atoms with Crippen molar-refractivity contribution in [2.75, 3.05) is 5.33 Å². The van der Waals surface area contributed by atoms with Gasteiger partial charge in [0, 0.05) is 5.33 Å². The predicted octanol–water partition coefficient (Wildman–Crippen LogP) is 2.51. The zero-order valence-electron chi connectivity index (χ0n) is 7.06. The molecule has 0 heterocycles. The van der Waals surface area contributed by atoms with Gasteiger partial charge >= 0.3 is 10.1 Å². The quantitative estimate of drug-likeness (QED) is 0.623. The molecule has 6 heteroatoms. The molecule has 0 aliphatic rings. The first-order chi connectivity index (χ1) is 6.56. The monoisotopic (exact) mass is 342 g/mol. The highest BCUT2D eigenvalue weighted by atomic mass is 79.9. The fourth-order valence-electron chi connectivity index (χ4n) is 0.740. The first-order valence-corrected chi connectivity index (χ1v) is 7.25. The van der Waals surface area contributed by atoms with Gasteiger partial charge in [0.05, 0.1) is 0 Å². The molecule has 1 atom stereocenters. The standard InChI is InChI=1S/C8H8Br2O3S/c9-6-8(10)14(11,12)13-7-4-2-1-3-5-7/h1-5,8H,6H2. The minimum atomic E-state index is -3.59. The summed E-state index contributed by atoms with van der Waals surface area (Å²) >= 11 is 6.05. The van der Waals surface area contributed by atoms with Gasteiger partial charge < -0.3 is 4.18 Å². The van der Waals surface area contributed by atoms with Gasteiger partial charge in [-0.2, -0.15) is 8.42 Å². The second kappa shape index (κ2) is 5.14. The molecule has 0 aromatic heterocycles. The van der Waals surface area contributed by atoms with Gasteiger partial charge in [0.25, 0.3) is 0 Å². The molecule has 0 saturated carbocycles. The summed E-state index contributed by atoms with van der Waals surface area (Å²) < 4.78 is 27.0. The Bertz CT molecular complexity index is 377. The molecule has 0 radical (unpaired) electrons. The van der Waals surface area contributed by atoms with Gasteiger partial charge in [-0.25, -0.2) is 0 Å². The summed E-state index contributed by atoms with van der Waals surface area (Å²) in [6.07, 6.45) is 0. The van der Waals surface area contributed by atoms with Crippen molar-refractivity contribution in [1.29, 1.82) is 0 Å². The van der Waals surface area contributed by atoms with Crippen LogP contribution in [0.4, 0.5) is 0 Å². The number of hydrogen-bond acceptors (Lipinski definition) is 3. The maximum absolute atomic E-state index is 11.4. The van der Waals surface area contributed by atoms with Crippen LogP contribution in [0, 0.1) is 0 Å². The number of halogens is 2. The van der Waals surface area contributed by atoms with Crippen LogP contribution in [0.15, 0.2) is 30.3 Å². The van der Waals surface area contributed by atoms with E-state index in [-0.39, 0.29) is 5.33 Å². The van der Waals surface area contributed by atoms with Crippen molar-refractivity contribution in [1.82, 2.24) is 0 Å². The fraction of sp³-hybridized carbons (Fsp3) is 0.250. The number of alkyl halides is 2. The van der Waals surface area contributed by atoms with E-state index in [0.717, 1.165) is 0 Å². The van der Waals surface area contributed by atoms with E-state index in [1.54, 1.807) is 30.3 Å². The van der Waals surface area contributed by atoms with E-state index in [1.807, 2.05) is 0 Å². The van der Waals surface area contributed by atoms with Gasteiger partial charge in [-0.1, -0.05) is 50.1 Å². The first-order valence-electron chi connectivity index (χ1n) is 3.74. The summed E-state index contributed by atoms with van der Waals surface area (Å²) in [6.45, 7) is 0. The van der Waals surface area contributed by atoms with E-state index in [9.17, 15) is 8.42 Å². The van der Waals surface area contributed by atoms with Gasteiger partial charge in [0.2, 0.25) is 0 Å². The first kappa shape index (κ1) is 12.0. The molecule has 0 aliphatic heterocycles. The van der Waals surface area contributed by atoms with Crippen LogP contribution in [0.3, 0.4) is 0 Å². The third-order valence-corrected chi connectivity index (χ3v) is 6.25. The SMILES string of the molecule is O=S(=O)(Oc1ccccc1)C(Br)CBr. The molecule has 14 heavy (non-hydrogen) atoms. The third-order valence-electron chi connectivity index (χ3n) is 1.39. The predicted molar refractivity (Wildman–Crippen MR) is 62.5 cm³/mol. The van der Waals surface area contributed by atoms with E-state index in [1.165, 1.54) is 0 Å². The molecule has 1 aromatic rings. The van der Waals surface area contributed by atoms with Crippen molar-refractivity contribution in [2.24, 2.45) is 0 Å². The lowest BCUT2D eigenvalue weighted by molar-refractivity contribution is 0.486. The molecule has 0 saturated heterocycles.